The van der Waals surface area contributed by atoms with Gasteiger partial charge < -0.3 is 0 Å². The maximum Gasteiger partial charge on any atom is 0.274 e. The predicted octanol–water partition coefficient (Wildman–Crippen LogP) is 5.15. The maximum absolute atomic E-state index is 13.9. The van der Waals surface area contributed by atoms with Gasteiger partial charge in [-0.1, -0.05) is 84.4 Å². The highest BCUT2D eigenvalue weighted by atomic mass is 32.2. The normalized spacial score (nSPS) is 17.7. The van der Waals surface area contributed by atoms with E-state index >= 15 is 0 Å². The van der Waals surface area contributed by atoms with Crippen molar-refractivity contribution in [3.8, 4) is 0 Å². The Hall–Kier alpha value is -3.75. The molecule has 0 fully saturated rings. The van der Waals surface area contributed by atoms with Crippen molar-refractivity contribution in [3.05, 3.63) is 124 Å². The van der Waals surface area contributed by atoms with Crippen LogP contribution >= 0.6 is 11.3 Å². The number of benzene rings is 3. The number of aryl methyl sites for hydroxylation is 1. The van der Waals surface area contributed by atoms with E-state index in [1.165, 1.54) is 11.3 Å². The first-order chi connectivity index (χ1) is 16.9. The Balaban J connectivity index is 1.67. The molecule has 2 atom stereocenters. The highest BCUT2D eigenvalue weighted by molar-refractivity contribution is 7.91. The van der Waals surface area contributed by atoms with Gasteiger partial charge in [0.05, 0.1) is 16.3 Å². The summed E-state index contributed by atoms with van der Waals surface area (Å²) in [6.07, 6.45) is 0. The second-order valence-corrected chi connectivity index (χ2v) is 11.0. The average Bonchev–Trinajstić information content (AvgIpc) is 3.55. The lowest BCUT2D eigenvalue weighted by atomic mass is 9.97. The van der Waals surface area contributed by atoms with E-state index in [1.54, 1.807) is 22.5 Å². The van der Waals surface area contributed by atoms with E-state index < -0.39 is 27.2 Å². The van der Waals surface area contributed by atoms with Gasteiger partial charge in [-0.05, 0) is 41.6 Å². The molecule has 0 saturated carbocycles. The summed E-state index contributed by atoms with van der Waals surface area (Å²) in [6.45, 7) is 1.97. The number of nitrogens with zero attached hydrogens (tertiary/aromatic N) is 2. The molecule has 1 aromatic heterocycles. The quantitative estimate of drug-likeness (QED) is 0.396. The summed E-state index contributed by atoms with van der Waals surface area (Å²) in [5.41, 5.74) is 3.66. The summed E-state index contributed by atoms with van der Waals surface area (Å²) in [6, 6.07) is 29.1. The Labute approximate surface area is 208 Å². The van der Waals surface area contributed by atoms with Crippen molar-refractivity contribution in [3.63, 3.8) is 0 Å². The molecule has 5 rings (SSSR count). The molecule has 4 aromatic rings. The van der Waals surface area contributed by atoms with Crippen molar-refractivity contribution < 1.29 is 13.2 Å². The molecule has 6 nitrogen and oxygen atoms in total. The van der Waals surface area contributed by atoms with Crippen molar-refractivity contribution in [2.45, 2.75) is 18.2 Å². The molecule has 1 N–H and O–H groups in total. The minimum Gasteiger partial charge on any atom is -0.267 e. The Kier molecular flexibility index (Phi) is 6.23. The molecule has 35 heavy (non-hydrogen) atoms. The highest BCUT2D eigenvalue weighted by Gasteiger charge is 2.48. The lowest BCUT2D eigenvalue weighted by molar-refractivity contribution is 0.0985. The standard InChI is InChI=1S/C27H23N3O3S2/c1-19-14-16-20(17-15-19)24-26(35(32,33)29-27(31)23-13-8-18-34-23)25(21-9-4-2-5-10-21)30(28-24)22-11-6-3-7-12-22/h2-18,25-26H,1H3,(H,29,31). The van der Waals surface area contributed by atoms with Crippen LogP contribution in [0.15, 0.2) is 108 Å². The number of carbonyl (C=O) groups excluding carboxylic acids is 1. The topological polar surface area (TPSA) is 78.8 Å². The Morgan fingerprint density at radius 2 is 1.54 bits per heavy atom. The van der Waals surface area contributed by atoms with Crippen molar-refractivity contribution in [1.82, 2.24) is 4.72 Å². The van der Waals surface area contributed by atoms with E-state index in [4.69, 9.17) is 5.10 Å². The van der Waals surface area contributed by atoms with Gasteiger partial charge in [-0.15, -0.1) is 11.3 Å². The second kappa shape index (κ2) is 9.48. The first-order valence-electron chi connectivity index (χ1n) is 11.1. The van der Waals surface area contributed by atoms with Crippen LogP contribution in [-0.4, -0.2) is 25.3 Å². The first-order valence-corrected chi connectivity index (χ1v) is 13.5. The third-order valence-corrected chi connectivity index (χ3v) is 8.35. The number of sulfonamides is 1. The number of nitrogens with one attached hydrogen (secondary N) is 1. The van der Waals surface area contributed by atoms with Crippen LogP contribution in [0, 0.1) is 6.92 Å². The van der Waals surface area contributed by atoms with Crippen LogP contribution in [0.25, 0.3) is 0 Å². The number of amides is 1. The van der Waals surface area contributed by atoms with Crippen LogP contribution in [0.1, 0.15) is 32.4 Å². The molecule has 8 heteroatoms. The van der Waals surface area contributed by atoms with Gasteiger partial charge in [-0.2, -0.15) is 5.10 Å². The van der Waals surface area contributed by atoms with Gasteiger partial charge in [-0.25, -0.2) is 13.1 Å². The minimum atomic E-state index is -4.20. The average molecular weight is 502 g/mol. The third kappa shape index (κ3) is 4.62. The van der Waals surface area contributed by atoms with Crippen molar-refractivity contribution in [2.75, 3.05) is 5.01 Å². The van der Waals surface area contributed by atoms with E-state index in [-0.39, 0.29) is 0 Å². The molecule has 0 bridgehead atoms. The number of hydrazone groups is 1. The Morgan fingerprint density at radius 3 is 2.17 bits per heavy atom. The SMILES string of the molecule is Cc1ccc(C2=NN(c3ccccc3)C(c3ccccc3)C2S(=O)(=O)NC(=O)c2cccs2)cc1. The van der Waals surface area contributed by atoms with Crippen molar-refractivity contribution in [1.29, 1.82) is 0 Å². The zero-order valence-corrected chi connectivity index (χ0v) is 20.5. The van der Waals surface area contributed by atoms with Crippen LogP contribution in [0.4, 0.5) is 5.69 Å². The molecule has 0 spiro atoms. The van der Waals surface area contributed by atoms with E-state index in [9.17, 15) is 13.2 Å². The van der Waals surface area contributed by atoms with Gasteiger partial charge in [0, 0.05) is 0 Å². The highest BCUT2D eigenvalue weighted by Crippen LogP contribution is 2.40. The molecular weight excluding hydrogens is 478 g/mol. The van der Waals surface area contributed by atoms with Crippen LogP contribution in [0.5, 0.6) is 0 Å². The van der Waals surface area contributed by atoms with Crippen molar-refractivity contribution >= 4 is 38.7 Å². The van der Waals surface area contributed by atoms with E-state index in [2.05, 4.69) is 4.72 Å². The number of hydrogen-bond donors (Lipinski definition) is 1. The van der Waals surface area contributed by atoms with Crippen molar-refractivity contribution in [2.24, 2.45) is 5.10 Å². The first kappa shape index (κ1) is 23.0. The second-order valence-electron chi connectivity index (χ2n) is 8.26. The molecule has 0 saturated heterocycles. The molecule has 2 unspecified atom stereocenters. The summed E-state index contributed by atoms with van der Waals surface area (Å²) in [4.78, 5) is 13.2. The molecule has 2 heterocycles. The maximum atomic E-state index is 13.9. The Bertz CT molecular complexity index is 1450. The smallest absolute Gasteiger partial charge is 0.267 e. The van der Waals surface area contributed by atoms with Crippen LogP contribution in [0.3, 0.4) is 0 Å². The van der Waals surface area contributed by atoms with Gasteiger partial charge in [0.25, 0.3) is 5.91 Å². The summed E-state index contributed by atoms with van der Waals surface area (Å²) in [7, 11) is -4.20. The summed E-state index contributed by atoms with van der Waals surface area (Å²) < 4.78 is 30.1. The summed E-state index contributed by atoms with van der Waals surface area (Å²) in [5, 5.41) is 7.20. The fourth-order valence-electron chi connectivity index (χ4n) is 4.19. The lowest BCUT2D eigenvalue weighted by Gasteiger charge is -2.28. The van der Waals surface area contributed by atoms with E-state index in [1.807, 2.05) is 91.9 Å². The third-order valence-electron chi connectivity index (χ3n) is 5.86. The minimum absolute atomic E-state index is 0.330. The number of thiophene rings is 1. The summed E-state index contributed by atoms with van der Waals surface area (Å²) in [5.74, 6) is -0.645. The number of para-hydroxylation sites is 1. The van der Waals surface area contributed by atoms with Crippen LogP contribution in [0.2, 0.25) is 0 Å². The predicted molar refractivity (Wildman–Crippen MR) is 140 cm³/mol. The van der Waals surface area contributed by atoms with E-state index in [0.717, 1.165) is 16.8 Å². The number of hydrogen-bond acceptors (Lipinski definition) is 6. The van der Waals surface area contributed by atoms with Gasteiger partial charge in [0.2, 0.25) is 10.0 Å². The van der Waals surface area contributed by atoms with Gasteiger partial charge in [-0.3, -0.25) is 9.80 Å². The molecule has 1 aliphatic heterocycles. The van der Waals surface area contributed by atoms with Crippen LogP contribution in [-0.2, 0) is 10.0 Å². The van der Waals surface area contributed by atoms with Gasteiger partial charge >= 0.3 is 0 Å². The summed E-state index contributed by atoms with van der Waals surface area (Å²) >= 11 is 1.19. The fourth-order valence-corrected chi connectivity index (χ4v) is 6.46. The molecule has 1 amide bonds. The number of anilines is 1. The molecule has 1 aliphatic rings. The van der Waals surface area contributed by atoms with Gasteiger partial charge in [0.15, 0.2) is 5.25 Å². The molecule has 3 aromatic carbocycles. The number of carbonyl (C=O) groups is 1. The molecule has 0 radical (unpaired) electrons. The molecule has 176 valence electrons. The zero-order chi connectivity index (χ0) is 24.4. The number of rotatable bonds is 6. The largest absolute Gasteiger partial charge is 0.274 e. The lowest BCUT2D eigenvalue weighted by Crippen LogP contribution is -2.45. The van der Waals surface area contributed by atoms with Crippen LogP contribution < -0.4 is 9.73 Å². The van der Waals surface area contributed by atoms with Gasteiger partial charge in [0.1, 0.15) is 6.04 Å². The zero-order valence-electron chi connectivity index (χ0n) is 18.9. The van der Waals surface area contributed by atoms with E-state index in [0.29, 0.717) is 16.2 Å². The Morgan fingerprint density at radius 1 is 0.886 bits per heavy atom. The molecule has 0 aliphatic carbocycles. The monoisotopic (exact) mass is 501 g/mol. The molecular formula is C27H23N3O3S2. The fraction of sp³-hybridized carbons (Fsp3) is 0.111.